The van der Waals surface area contributed by atoms with Gasteiger partial charge in [0.25, 0.3) is 0 Å². The van der Waals surface area contributed by atoms with E-state index in [1.807, 2.05) is 29.6 Å². The van der Waals surface area contributed by atoms with Gasteiger partial charge < -0.3 is 10.6 Å². The van der Waals surface area contributed by atoms with Gasteiger partial charge in [-0.2, -0.15) is 0 Å². The van der Waals surface area contributed by atoms with Crippen LogP contribution in [0.5, 0.6) is 0 Å². The van der Waals surface area contributed by atoms with Gasteiger partial charge in [0.15, 0.2) is 5.13 Å². The largest absolute Gasteiger partial charge is 0.331 e. The van der Waals surface area contributed by atoms with E-state index in [0.29, 0.717) is 10.8 Å². The summed E-state index contributed by atoms with van der Waals surface area (Å²) in [5.41, 5.74) is 3.16. The van der Waals surface area contributed by atoms with Gasteiger partial charge in [-0.15, -0.1) is 11.3 Å². The quantitative estimate of drug-likeness (QED) is 0.405. The van der Waals surface area contributed by atoms with Crippen molar-refractivity contribution in [3.8, 4) is 11.3 Å². The molecule has 1 atom stereocenters. The van der Waals surface area contributed by atoms with Crippen LogP contribution in [0.4, 0.5) is 20.9 Å². The summed E-state index contributed by atoms with van der Waals surface area (Å²) in [6.07, 6.45) is 3.91. The molecule has 0 fully saturated rings. The van der Waals surface area contributed by atoms with E-state index in [-0.39, 0.29) is 17.6 Å². The molecule has 0 bridgehead atoms. The van der Waals surface area contributed by atoms with Crippen molar-refractivity contribution in [2.45, 2.75) is 39.5 Å². The van der Waals surface area contributed by atoms with Crippen molar-refractivity contribution in [2.24, 2.45) is 5.92 Å². The average Bonchev–Trinajstić information content (AvgIpc) is 3.17. The van der Waals surface area contributed by atoms with Crippen molar-refractivity contribution in [1.29, 1.82) is 0 Å². The molecule has 152 valence electrons. The first-order chi connectivity index (χ1) is 14.1. The summed E-state index contributed by atoms with van der Waals surface area (Å²) in [5.74, 6) is -0.177. The Kier molecular flexibility index (Phi) is 7.36. The first kappa shape index (κ1) is 21.0. The first-order valence-electron chi connectivity index (χ1n) is 9.98. The molecule has 0 aliphatic rings. The monoisotopic (exact) mass is 411 g/mol. The Morgan fingerprint density at radius 3 is 2.69 bits per heavy atom. The fraction of sp³-hybridized carbons (Fsp3) is 0.304. The SMILES string of the molecule is CCCC[C@@H](CC)C(=O)Nc1cccc(-c2csc(Nc3cccc(F)c3)n2)c1. The summed E-state index contributed by atoms with van der Waals surface area (Å²) in [7, 11) is 0. The van der Waals surface area contributed by atoms with Gasteiger partial charge in [-0.25, -0.2) is 9.37 Å². The maximum Gasteiger partial charge on any atom is 0.227 e. The van der Waals surface area contributed by atoms with E-state index in [2.05, 4.69) is 29.5 Å². The number of hydrogen-bond acceptors (Lipinski definition) is 4. The number of rotatable bonds is 9. The third kappa shape index (κ3) is 5.87. The number of aromatic nitrogens is 1. The molecule has 4 nitrogen and oxygen atoms in total. The highest BCUT2D eigenvalue weighted by Crippen LogP contribution is 2.29. The van der Waals surface area contributed by atoms with Crippen LogP contribution in [-0.2, 0) is 4.79 Å². The number of carbonyl (C=O) groups is 1. The van der Waals surface area contributed by atoms with Crippen LogP contribution in [0, 0.1) is 11.7 Å². The van der Waals surface area contributed by atoms with Crippen LogP contribution in [0.15, 0.2) is 53.9 Å². The Morgan fingerprint density at radius 2 is 1.93 bits per heavy atom. The number of amides is 1. The van der Waals surface area contributed by atoms with Crippen molar-refractivity contribution in [3.63, 3.8) is 0 Å². The molecule has 3 rings (SSSR count). The zero-order chi connectivity index (χ0) is 20.6. The van der Waals surface area contributed by atoms with Gasteiger partial charge in [-0.05, 0) is 43.2 Å². The molecule has 6 heteroatoms. The van der Waals surface area contributed by atoms with E-state index in [1.165, 1.54) is 23.5 Å². The van der Waals surface area contributed by atoms with E-state index < -0.39 is 0 Å². The Bertz CT molecular complexity index is 957. The van der Waals surface area contributed by atoms with Crippen LogP contribution in [-0.4, -0.2) is 10.9 Å². The van der Waals surface area contributed by atoms with Crippen molar-refractivity contribution in [2.75, 3.05) is 10.6 Å². The second-order valence-corrected chi connectivity index (χ2v) is 7.85. The van der Waals surface area contributed by atoms with Gasteiger partial charge in [0.05, 0.1) is 5.69 Å². The molecule has 1 heterocycles. The second kappa shape index (κ2) is 10.2. The molecule has 1 amide bonds. The number of anilines is 3. The highest BCUT2D eigenvalue weighted by molar-refractivity contribution is 7.14. The van der Waals surface area contributed by atoms with Crippen LogP contribution in [0.3, 0.4) is 0 Å². The zero-order valence-electron chi connectivity index (χ0n) is 16.7. The van der Waals surface area contributed by atoms with E-state index in [1.54, 1.807) is 12.1 Å². The predicted molar refractivity (Wildman–Crippen MR) is 119 cm³/mol. The molecule has 0 aliphatic heterocycles. The Labute approximate surface area is 175 Å². The van der Waals surface area contributed by atoms with E-state index in [0.717, 1.165) is 42.6 Å². The van der Waals surface area contributed by atoms with Crippen LogP contribution in [0.1, 0.15) is 39.5 Å². The fourth-order valence-corrected chi connectivity index (χ4v) is 3.87. The summed E-state index contributed by atoms with van der Waals surface area (Å²) in [5, 5.41) is 8.79. The van der Waals surface area contributed by atoms with E-state index in [4.69, 9.17) is 0 Å². The van der Waals surface area contributed by atoms with Gasteiger partial charge in [0.1, 0.15) is 5.82 Å². The summed E-state index contributed by atoms with van der Waals surface area (Å²) < 4.78 is 13.3. The van der Waals surface area contributed by atoms with Crippen LogP contribution < -0.4 is 10.6 Å². The number of thiazole rings is 1. The topological polar surface area (TPSA) is 54.0 Å². The molecule has 0 aliphatic carbocycles. The minimum absolute atomic E-state index is 0.0416. The van der Waals surface area contributed by atoms with Gasteiger partial charge in [-0.1, -0.05) is 44.9 Å². The highest BCUT2D eigenvalue weighted by atomic mass is 32.1. The van der Waals surface area contributed by atoms with E-state index >= 15 is 0 Å². The summed E-state index contributed by atoms with van der Waals surface area (Å²) in [6, 6.07) is 14.0. The lowest BCUT2D eigenvalue weighted by Crippen LogP contribution is -2.22. The lowest BCUT2D eigenvalue weighted by atomic mass is 9.98. The number of hydrogen-bond donors (Lipinski definition) is 2. The number of halogens is 1. The van der Waals surface area contributed by atoms with Gasteiger partial charge in [0, 0.05) is 28.2 Å². The van der Waals surface area contributed by atoms with Gasteiger partial charge >= 0.3 is 0 Å². The molecule has 2 N–H and O–H groups in total. The third-order valence-electron chi connectivity index (χ3n) is 4.78. The Hall–Kier alpha value is -2.73. The summed E-state index contributed by atoms with van der Waals surface area (Å²) >= 11 is 1.45. The Balaban J connectivity index is 1.69. The average molecular weight is 412 g/mol. The van der Waals surface area contributed by atoms with Crippen LogP contribution >= 0.6 is 11.3 Å². The molecule has 0 radical (unpaired) electrons. The lowest BCUT2D eigenvalue weighted by Gasteiger charge is -2.15. The molecule has 1 aromatic heterocycles. The van der Waals surface area contributed by atoms with Crippen LogP contribution in [0.2, 0.25) is 0 Å². The molecule has 29 heavy (non-hydrogen) atoms. The number of carbonyl (C=O) groups excluding carboxylic acids is 1. The molecular formula is C23H26FN3OS. The van der Waals surface area contributed by atoms with Crippen LogP contribution in [0.25, 0.3) is 11.3 Å². The summed E-state index contributed by atoms with van der Waals surface area (Å²) in [6.45, 7) is 4.19. The first-order valence-corrected chi connectivity index (χ1v) is 10.9. The minimum atomic E-state index is -0.292. The molecule has 0 spiro atoms. The highest BCUT2D eigenvalue weighted by Gasteiger charge is 2.16. The molecule has 3 aromatic rings. The zero-order valence-corrected chi connectivity index (χ0v) is 17.6. The van der Waals surface area contributed by atoms with Crippen molar-refractivity contribution < 1.29 is 9.18 Å². The molecule has 0 unspecified atom stereocenters. The smallest absolute Gasteiger partial charge is 0.227 e. The fourth-order valence-electron chi connectivity index (χ4n) is 3.13. The maximum atomic E-state index is 13.3. The normalized spacial score (nSPS) is 11.8. The van der Waals surface area contributed by atoms with Gasteiger partial charge in [0.2, 0.25) is 5.91 Å². The number of nitrogens with zero attached hydrogens (tertiary/aromatic N) is 1. The van der Waals surface area contributed by atoms with Crippen molar-refractivity contribution >= 4 is 33.8 Å². The Morgan fingerprint density at radius 1 is 1.14 bits per heavy atom. The minimum Gasteiger partial charge on any atom is -0.331 e. The molecule has 0 saturated heterocycles. The predicted octanol–water partition coefficient (Wildman–Crippen LogP) is 6.85. The van der Waals surface area contributed by atoms with Gasteiger partial charge in [-0.3, -0.25) is 4.79 Å². The maximum absolute atomic E-state index is 13.3. The standard InChI is InChI=1S/C23H26FN3OS/c1-3-5-8-16(4-2)22(28)25-19-11-6-9-17(13-19)21-15-29-23(27-21)26-20-12-7-10-18(24)14-20/h6-7,9-16H,3-5,8H2,1-2H3,(H,25,28)(H,26,27)/t16-/m1/s1. The van der Waals surface area contributed by atoms with Crippen molar-refractivity contribution in [3.05, 3.63) is 59.7 Å². The molecular weight excluding hydrogens is 385 g/mol. The number of nitrogens with one attached hydrogen (secondary N) is 2. The van der Waals surface area contributed by atoms with Crippen molar-refractivity contribution in [1.82, 2.24) is 4.98 Å². The number of benzene rings is 2. The third-order valence-corrected chi connectivity index (χ3v) is 5.53. The summed E-state index contributed by atoms with van der Waals surface area (Å²) in [4.78, 5) is 17.2. The lowest BCUT2D eigenvalue weighted by molar-refractivity contribution is -0.120. The molecule has 2 aromatic carbocycles. The van der Waals surface area contributed by atoms with E-state index in [9.17, 15) is 9.18 Å². The molecule has 0 saturated carbocycles. The number of unbranched alkanes of at least 4 members (excludes halogenated alkanes) is 1. The second-order valence-electron chi connectivity index (χ2n) is 6.99.